The standard InChI is InChI=1S/C17H18N4O3/c22-17(13-5-7-19-11-20-13)21-10-15(16-14(21)4-2-8-23-16)24-12-3-1-6-18-9-12/h1,3,5-7,9,11,14-16H,2,4,8,10H2/t14-,15+,16+/m0/s1. The molecule has 0 bridgehead atoms. The van der Waals surface area contributed by atoms with Crippen LogP contribution in [0.15, 0.2) is 43.1 Å². The third-order valence-corrected chi connectivity index (χ3v) is 4.46. The predicted octanol–water partition coefficient (Wildman–Crippen LogP) is 1.32. The molecule has 0 radical (unpaired) electrons. The number of carbonyl (C=O) groups is 1. The maximum Gasteiger partial charge on any atom is 0.273 e. The molecule has 2 aliphatic rings. The van der Waals surface area contributed by atoms with Crippen LogP contribution in [0.3, 0.4) is 0 Å². The smallest absolute Gasteiger partial charge is 0.273 e. The molecule has 2 saturated heterocycles. The number of aromatic nitrogens is 3. The number of amides is 1. The van der Waals surface area contributed by atoms with Gasteiger partial charge in [-0.25, -0.2) is 9.97 Å². The van der Waals surface area contributed by atoms with E-state index in [1.165, 1.54) is 6.33 Å². The van der Waals surface area contributed by atoms with Gasteiger partial charge in [-0.15, -0.1) is 0 Å². The van der Waals surface area contributed by atoms with E-state index in [0.717, 1.165) is 12.8 Å². The zero-order chi connectivity index (χ0) is 16.4. The Kier molecular flexibility index (Phi) is 4.08. The van der Waals surface area contributed by atoms with Crippen LogP contribution < -0.4 is 4.74 Å². The lowest BCUT2D eigenvalue weighted by molar-refractivity contribution is -0.0447. The first-order valence-electron chi connectivity index (χ1n) is 8.08. The van der Waals surface area contributed by atoms with Gasteiger partial charge in [0.15, 0.2) is 0 Å². The summed E-state index contributed by atoms with van der Waals surface area (Å²) < 4.78 is 12.0. The van der Waals surface area contributed by atoms with Crippen molar-refractivity contribution in [1.29, 1.82) is 0 Å². The molecule has 7 nitrogen and oxygen atoms in total. The minimum absolute atomic E-state index is 0.0166. The Morgan fingerprint density at radius 1 is 1.29 bits per heavy atom. The first kappa shape index (κ1) is 15.0. The van der Waals surface area contributed by atoms with Crippen LogP contribution in [-0.2, 0) is 4.74 Å². The van der Waals surface area contributed by atoms with Gasteiger partial charge in [0.2, 0.25) is 0 Å². The molecule has 0 aliphatic carbocycles. The zero-order valence-electron chi connectivity index (χ0n) is 13.1. The van der Waals surface area contributed by atoms with E-state index in [1.54, 1.807) is 24.7 Å². The molecule has 7 heteroatoms. The molecule has 0 aromatic carbocycles. The molecular formula is C17H18N4O3. The quantitative estimate of drug-likeness (QED) is 0.847. The van der Waals surface area contributed by atoms with Gasteiger partial charge in [0.25, 0.3) is 5.91 Å². The van der Waals surface area contributed by atoms with Gasteiger partial charge in [0, 0.05) is 19.0 Å². The molecule has 2 aromatic heterocycles. The Labute approximate surface area is 139 Å². The highest BCUT2D eigenvalue weighted by Crippen LogP contribution is 2.32. The van der Waals surface area contributed by atoms with Crippen LogP contribution in [0.5, 0.6) is 5.75 Å². The van der Waals surface area contributed by atoms with E-state index in [4.69, 9.17) is 9.47 Å². The van der Waals surface area contributed by atoms with Crippen LogP contribution in [0.1, 0.15) is 23.3 Å². The summed E-state index contributed by atoms with van der Waals surface area (Å²) in [6, 6.07) is 5.34. The van der Waals surface area contributed by atoms with Crippen molar-refractivity contribution in [3.8, 4) is 5.75 Å². The molecule has 0 saturated carbocycles. The molecule has 4 rings (SSSR count). The summed E-state index contributed by atoms with van der Waals surface area (Å²) in [5.41, 5.74) is 0.399. The van der Waals surface area contributed by atoms with E-state index in [-0.39, 0.29) is 24.2 Å². The van der Waals surface area contributed by atoms with E-state index < -0.39 is 0 Å². The molecule has 1 amide bonds. The SMILES string of the molecule is O=C(c1ccncn1)N1C[C@@H](Oc2cccnc2)[C@@H]2OCCC[C@@H]21. The summed E-state index contributed by atoms with van der Waals surface area (Å²) in [7, 11) is 0. The Morgan fingerprint density at radius 2 is 2.25 bits per heavy atom. The first-order valence-corrected chi connectivity index (χ1v) is 8.08. The lowest BCUT2D eigenvalue weighted by atomic mass is 10.0. The fourth-order valence-electron chi connectivity index (χ4n) is 3.40. The normalized spacial score (nSPS) is 26.0. The van der Waals surface area contributed by atoms with Crippen LogP contribution >= 0.6 is 0 Å². The monoisotopic (exact) mass is 326 g/mol. The molecule has 124 valence electrons. The van der Waals surface area contributed by atoms with E-state index in [2.05, 4.69) is 15.0 Å². The molecule has 2 aliphatic heterocycles. The molecule has 0 N–H and O–H groups in total. The second kappa shape index (κ2) is 6.52. The number of likely N-dealkylation sites (tertiary alicyclic amines) is 1. The highest BCUT2D eigenvalue weighted by molar-refractivity contribution is 5.92. The van der Waals surface area contributed by atoms with Crippen LogP contribution in [-0.4, -0.2) is 57.2 Å². The number of hydrogen-bond donors (Lipinski definition) is 0. The number of rotatable bonds is 3. The summed E-state index contributed by atoms with van der Waals surface area (Å²) in [5.74, 6) is 0.585. The maximum absolute atomic E-state index is 12.8. The summed E-state index contributed by atoms with van der Waals surface area (Å²) in [6.07, 6.45) is 7.87. The molecule has 0 spiro atoms. The van der Waals surface area contributed by atoms with Crippen molar-refractivity contribution < 1.29 is 14.3 Å². The molecule has 4 heterocycles. The molecule has 3 atom stereocenters. The average Bonchev–Trinajstić information content (AvgIpc) is 3.01. The Morgan fingerprint density at radius 3 is 3.04 bits per heavy atom. The van der Waals surface area contributed by atoms with Crippen LogP contribution in [0.2, 0.25) is 0 Å². The van der Waals surface area contributed by atoms with Gasteiger partial charge in [-0.2, -0.15) is 0 Å². The number of carbonyl (C=O) groups excluding carboxylic acids is 1. The molecule has 24 heavy (non-hydrogen) atoms. The second-order valence-electron chi connectivity index (χ2n) is 5.94. The number of pyridine rings is 1. The Hall–Kier alpha value is -2.54. The second-order valence-corrected chi connectivity index (χ2v) is 5.94. The Bertz CT molecular complexity index is 697. The fraction of sp³-hybridized carbons (Fsp3) is 0.412. The highest BCUT2D eigenvalue weighted by atomic mass is 16.5. The van der Waals surface area contributed by atoms with Gasteiger partial charge >= 0.3 is 0 Å². The topological polar surface area (TPSA) is 77.4 Å². The van der Waals surface area contributed by atoms with Gasteiger partial charge in [-0.05, 0) is 31.0 Å². The number of hydrogen-bond acceptors (Lipinski definition) is 6. The first-order chi connectivity index (χ1) is 11.8. The molecule has 0 unspecified atom stereocenters. The lowest BCUT2D eigenvalue weighted by Crippen LogP contribution is -2.44. The summed E-state index contributed by atoms with van der Waals surface area (Å²) in [6.45, 7) is 1.18. The minimum atomic E-state index is -0.203. The summed E-state index contributed by atoms with van der Waals surface area (Å²) >= 11 is 0. The van der Waals surface area contributed by atoms with Crippen LogP contribution in [0.4, 0.5) is 0 Å². The minimum Gasteiger partial charge on any atom is -0.484 e. The van der Waals surface area contributed by atoms with Crippen molar-refractivity contribution in [3.05, 3.63) is 48.8 Å². The average molecular weight is 326 g/mol. The van der Waals surface area contributed by atoms with Gasteiger partial charge in [-0.3, -0.25) is 9.78 Å². The van der Waals surface area contributed by atoms with Crippen LogP contribution in [0, 0.1) is 0 Å². The largest absolute Gasteiger partial charge is 0.484 e. The highest BCUT2D eigenvalue weighted by Gasteiger charge is 2.47. The van der Waals surface area contributed by atoms with Gasteiger partial charge < -0.3 is 14.4 Å². The van der Waals surface area contributed by atoms with E-state index in [0.29, 0.717) is 24.6 Å². The van der Waals surface area contributed by atoms with Crippen molar-refractivity contribution >= 4 is 5.91 Å². The summed E-state index contributed by atoms with van der Waals surface area (Å²) in [4.78, 5) is 26.7. The molecule has 2 aromatic rings. The fourth-order valence-corrected chi connectivity index (χ4v) is 3.40. The number of nitrogens with zero attached hydrogens (tertiary/aromatic N) is 4. The van der Waals surface area contributed by atoms with E-state index in [1.807, 2.05) is 17.0 Å². The van der Waals surface area contributed by atoms with Gasteiger partial charge in [0.1, 0.15) is 30.0 Å². The van der Waals surface area contributed by atoms with Crippen molar-refractivity contribution in [3.63, 3.8) is 0 Å². The zero-order valence-corrected chi connectivity index (χ0v) is 13.1. The maximum atomic E-state index is 12.8. The van der Waals surface area contributed by atoms with Crippen molar-refractivity contribution in [2.45, 2.75) is 31.1 Å². The van der Waals surface area contributed by atoms with Gasteiger partial charge in [0.05, 0.1) is 18.8 Å². The third-order valence-electron chi connectivity index (χ3n) is 4.46. The number of ether oxygens (including phenoxy) is 2. The van der Waals surface area contributed by atoms with Crippen molar-refractivity contribution in [2.75, 3.05) is 13.2 Å². The van der Waals surface area contributed by atoms with Crippen molar-refractivity contribution in [1.82, 2.24) is 19.9 Å². The van der Waals surface area contributed by atoms with E-state index >= 15 is 0 Å². The van der Waals surface area contributed by atoms with Gasteiger partial charge in [-0.1, -0.05) is 0 Å². The predicted molar refractivity (Wildman–Crippen MR) is 84.5 cm³/mol. The summed E-state index contributed by atoms with van der Waals surface area (Å²) in [5, 5.41) is 0. The van der Waals surface area contributed by atoms with Crippen LogP contribution in [0.25, 0.3) is 0 Å². The van der Waals surface area contributed by atoms with E-state index in [9.17, 15) is 4.79 Å². The molecule has 2 fully saturated rings. The lowest BCUT2D eigenvalue weighted by Gasteiger charge is -2.31. The molecular weight excluding hydrogens is 308 g/mol. The Balaban J connectivity index is 1.56. The van der Waals surface area contributed by atoms with Crippen molar-refractivity contribution in [2.24, 2.45) is 0 Å². The third kappa shape index (κ3) is 2.82. The number of fused-ring (bicyclic) bond motifs is 1.